The molecule has 2 heteroatoms. The smallest absolute Gasteiger partial charge is 0.0617 e. The monoisotopic (exact) mass is 151 g/mol. The SMILES string of the molecule is CS/C=C1/C=CC=CC1=N. The number of nitrogens with one attached hydrogen (secondary N) is 1. The summed E-state index contributed by atoms with van der Waals surface area (Å²) in [5.74, 6) is 0. The normalized spacial score (nSPS) is 20.5. The first-order valence-corrected chi connectivity index (χ1v) is 4.30. The van der Waals surface area contributed by atoms with E-state index in [2.05, 4.69) is 0 Å². The Morgan fingerprint density at radius 3 is 2.70 bits per heavy atom. The van der Waals surface area contributed by atoms with Crippen molar-refractivity contribution in [3.05, 3.63) is 35.3 Å². The minimum Gasteiger partial charge on any atom is -0.300 e. The maximum absolute atomic E-state index is 7.43. The highest BCUT2D eigenvalue weighted by atomic mass is 32.2. The van der Waals surface area contributed by atoms with Crippen molar-refractivity contribution in [1.29, 1.82) is 5.41 Å². The van der Waals surface area contributed by atoms with E-state index < -0.39 is 0 Å². The van der Waals surface area contributed by atoms with Gasteiger partial charge >= 0.3 is 0 Å². The Bertz CT molecular complexity index is 223. The molecule has 0 radical (unpaired) electrons. The lowest BCUT2D eigenvalue weighted by atomic mass is 10.1. The zero-order valence-electron chi connectivity index (χ0n) is 5.79. The molecule has 1 nitrogen and oxygen atoms in total. The van der Waals surface area contributed by atoms with Gasteiger partial charge in [-0.05, 0) is 17.7 Å². The van der Waals surface area contributed by atoms with Crippen LogP contribution in [0, 0.1) is 5.41 Å². The van der Waals surface area contributed by atoms with Gasteiger partial charge in [0.25, 0.3) is 0 Å². The van der Waals surface area contributed by atoms with Gasteiger partial charge in [0.1, 0.15) is 0 Å². The summed E-state index contributed by atoms with van der Waals surface area (Å²) in [7, 11) is 0. The Labute approximate surface area is 65.0 Å². The molecule has 0 fully saturated rings. The summed E-state index contributed by atoms with van der Waals surface area (Å²) in [5.41, 5.74) is 1.59. The average Bonchev–Trinajstić information content (AvgIpc) is 1.94. The first-order valence-electron chi connectivity index (χ1n) is 3.01. The van der Waals surface area contributed by atoms with E-state index >= 15 is 0 Å². The minimum absolute atomic E-state index is 0.594. The summed E-state index contributed by atoms with van der Waals surface area (Å²) < 4.78 is 0. The molecule has 0 spiro atoms. The number of rotatable bonds is 1. The van der Waals surface area contributed by atoms with Crippen molar-refractivity contribution < 1.29 is 0 Å². The lowest BCUT2D eigenvalue weighted by molar-refractivity contribution is 1.50. The van der Waals surface area contributed by atoms with Crippen molar-refractivity contribution in [3.8, 4) is 0 Å². The number of hydrogen-bond acceptors (Lipinski definition) is 2. The third kappa shape index (κ3) is 1.61. The van der Waals surface area contributed by atoms with E-state index in [1.807, 2.05) is 29.9 Å². The van der Waals surface area contributed by atoms with E-state index in [-0.39, 0.29) is 0 Å². The highest BCUT2D eigenvalue weighted by molar-refractivity contribution is 8.01. The zero-order valence-corrected chi connectivity index (χ0v) is 6.61. The van der Waals surface area contributed by atoms with Crippen molar-refractivity contribution in [3.63, 3.8) is 0 Å². The molecule has 1 rings (SSSR count). The molecule has 1 N–H and O–H groups in total. The molecule has 0 heterocycles. The molecule has 0 bridgehead atoms. The van der Waals surface area contributed by atoms with Gasteiger partial charge in [-0.1, -0.05) is 18.2 Å². The van der Waals surface area contributed by atoms with Gasteiger partial charge in [-0.2, -0.15) is 0 Å². The molecule has 0 amide bonds. The van der Waals surface area contributed by atoms with Crippen LogP contribution in [-0.2, 0) is 0 Å². The summed E-state index contributed by atoms with van der Waals surface area (Å²) in [6.07, 6.45) is 9.55. The zero-order chi connectivity index (χ0) is 7.40. The fraction of sp³-hybridized carbons (Fsp3) is 0.125. The van der Waals surface area contributed by atoms with Crippen molar-refractivity contribution in [2.24, 2.45) is 0 Å². The van der Waals surface area contributed by atoms with Gasteiger partial charge in [-0.15, -0.1) is 11.8 Å². The molecular weight excluding hydrogens is 142 g/mol. The second kappa shape index (κ2) is 3.42. The Kier molecular flexibility index (Phi) is 2.51. The molecule has 1 aliphatic rings. The fourth-order valence-corrected chi connectivity index (χ4v) is 1.19. The van der Waals surface area contributed by atoms with Crippen LogP contribution in [0.3, 0.4) is 0 Å². The molecule has 0 saturated carbocycles. The summed E-state index contributed by atoms with van der Waals surface area (Å²) in [6, 6.07) is 0. The molecule has 0 aromatic heterocycles. The summed E-state index contributed by atoms with van der Waals surface area (Å²) >= 11 is 1.62. The molecule has 0 aromatic carbocycles. The topological polar surface area (TPSA) is 23.9 Å². The van der Waals surface area contributed by atoms with Crippen LogP contribution in [0.5, 0.6) is 0 Å². The molecule has 0 saturated heterocycles. The Morgan fingerprint density at radius 2 is 2.10 bits per heavy atom. The third-order valence-corrected chi connectivity index (χ3v) is 1.70. The van der Waals surface area contributed by atoms with E-state index in [1.54, 1.807) is 17.8 Å². The summed E-state index contributed by atoms with van der Waals surface area (Å²) in [6.45, 7) is 0. The van der Waals surface area contributed by atoms with Crippen molar-refractivity contribution >= 4 is 17.5 Å². The van der Waals surface area contributed by atoms with E-state index in [1.165, 1.54) is 0 Å². The first-order chi connectivity index (χ1) is 4.84. The van der Waals surface area contributed by atoms with Gasteiger partial charge < -0.3 is 5.41 Å². The van der Waals surface area contributed by atoms with E-state index in [4.69, 9.17) is 5.41 Å². The van der Waals surface area contributed by atoms with Gasteiger partial charge in [0.2, 0.25) is 0 Å². The largest absolute Gasteiger partial charge is 0.300 e. The van der Waals surface area contributed by atoms with Crippen LogP contribution < -0.4 is 0 Å². The van der Waals surface area contributed by atoms with Gasteiger partial charge in [-0.25, -0.2) is 0 Å². The van der Waals surface area contributed by atoms with Crippen LogP contribution in [0.2, 0.25) is 0 Å². The quantitative estimate of drug-likeness (QED) is 0.611. The lowest BCUT2D eigenvalue weighted by Crippen LogP contribution is -1.96. The summed E-state index contributed by atoms with van der Waals surface area (Å²) in [5, 5.41) is 9.40. The Balaban J connectivity index is 2.80. The molecule has 1 aliphatic carbocycles. The molecule has 0 aliphatic heterocycles. The third-order valence-electron chi connectivity index (χ3n) is 1.21. The number of hydrogen-bond donors (Lipinski definition) is 1. The second-order valence-corrected chi connectivity index (χ2v) is 2.65. The van der Waals surface area contributed by atoms with E-state index in [9.17, 15) is 0 Å². The Morgan fingerprint density at radius 1 is 1.40 bits per heavy atom. The molecule has 10 heavy (non-hydrogen) atoms. The molecule has 0 atom stereocenters. The van der Waals surface area contributed by atoms with Crippen molar-refractivity contribution in [2.75, 3.05) is 6.26 Å². The maximum atomic E-state index is 7.43. The lowest BCUT2D eigenvalue weighted by Gasteiger charge is -2.01. The van der Waals surface area contributed by atoms with E-state index in [0.717, 1.165) is 5.57 Å². The average molecular weight is 151 g/mol. The number of thioether (sulfide) groups is 1. The van der Waals surface area contributed by atoms with Crippen LogP contribution in [0.25, 0.3) is 0 Å². The Hall–Kier alpha value is -0.760. The van der Waals surface area contributed by atoms with Crippen LogP contribution >= 0.6 is 11.8 Å². The van der Waals surface area contributed by atoms with Crippen LogP contribution in [0.4, 0.5) is 0 Å². The molecule has 0 unspecified atom stereocenters. The molecule has 52 valence electrons. The van der Waals surface area contributed by atoms with E-state index in [0.29, 0.717) is 5.71 Å². The van der Waals surface area contributed by atoms with Gasteiger partial charge in [-0.3, -0.25) is 0 Å². The minimum atomic E-state index is 0.594. The fourth-order valence-electron chi connectivity index (χ4n) is 0.727. The summed E-state index contributed by atoms with van der Waals surface area (Å²) in [4.78, 5) is 0. The predicted octanol–water partition coefficient (Wildman–Crippen LogP) is 2.38. The van der Waals surface area contributed by atoms with Gasteiger partial charge in [0.05, 0.1) is 5.71 Å². The standard InChI is InChI=1S/C8H9NS/c1-10-6-7-4-2-3-5-8(7)9/h2-6,9H,1H3/b7-6-,9-8?. The molecule has 0 aromatic rings. The highest BCUT2D eigenvalue weighted by Gasteiger charge is 1.98. The molecular formula is C8H9NS. The predicted molar refractivity (Wildman–Crippen MR) is 47.6 cm³/mol. The van der Waals surface area contributed by atoms with Crippen LogP contribution in [-0.4, -0.2) is 12.0 Å². The van der Waals surface area contributed by atoms with Crippen LogP contribution in [0.15, 0.2) is 35.3 Å². The van der Waals surface area contributed by atoms with Gasteiger partial charge in [0, 0.05) is 5.57 Å². The highest BCUT2D eigenvalue weighted by Crippen LogP contribution is 2.10. The number of allylic oxidation sites excluding steroid dienone is 5. The van der Waals surface area contributed by atoms with Crippen molar-refractivity contribution in [1.82, 2.24) is 0 Å². The van der Waals surface area contributed by atoms with Crippen molar-refractivity contribution in [2.45, 2.75) is 0 Å². The van der Waals surface area contributed by atoms with Gasteiger partial charge in [0.15, 0.2) is 0 Å². The first kappa shape index (κ1) is 7.35. The maximum Gasteiger partial charge on any atom is 0.0617 e. The van der Waals surface area contributed by atoms with Crippen LogP contribution in [0.1, 0.15) is 0 Å². The second-order valence-electron chi connectivity index (χ2n) is 1.94.